The molecule has 156 valence electrons. The van der Waals surface area contributed by atoms with Crippen molar-refractivity contribution >= 4 is 28.3 Å². The number of fused-ring (bicyclic) bond motifs is 3. The van der Waals surface area contributed by atoms with Crippen molar-refractivity contribution in [1.82, 2.24) is 0 Å². The average Bonchev–Trinajstić information content (AvgIpc) is 2.79. The van der Waals surface area contributed by atoms with Crippen LogP contribution in [-0.4, -0.2) is 6.73 Å². The van der Waals surface area contributed by atoms with Gasteiger partial charge in [-0.2, -0.15) is 0 Å². The van der Waals surface area contributed by atoms with E-state index in [0.717, 1.165) is 27.8 Å². The highest BCUT2D eigenvalue weighted by atomic mass is 35.5. The van der Waals surface area contributed by atoms with Crippen molar-refractivity contribution in [2.75, 3.05) is 11.6 Å². The van der Waals surface area contributed by atoms with Crippen LogP contribution in [0.1, 0.15) is 27.8 Å². The van der Waals surface area contributed by atoms with Crippen LogP contribution in [0, 0.1) is 13.8 Å². The number of benzene rings is 3. The first-order valence-electron chi connectivity index (χ1n) is 10.3. The molecule has 4 nitrogen and oxygen atoms in total. The van der Waals surface area contributed by atoms with Crippen molar-refractivity contribution in [3.63, 3.8) is 0 Å². The van der Waals surface area contributed by atoms with Crippen molar-refractivity contribution < 1.29 is 9.15 Å². The predicted molar refractivity (Wildman–Crippen MR) is 124 cm³/mol. The van der Waals surface area contributed by atoms with Crippen molar-refractivity contribution in [3.8, 4) is 5.75 Å². The average molecular weight is 432 g/mol. The van der Waals surface area contributed by atoms with Crippen LogP contribution in [0.3, 0.4) is 0 Å². The van der Waals surface area contributed by atoms with Gasteiger partial charge in [-0.05, 0) is 43.2 Å². The normalized spacial score (nSPS) is 13.2. The summed E-state index contributed by atoms with van der Waals surface area (Å²) >= 11 is 6.60. The molecular formula is C26H22ClNO3. The molecule has 1 aromatic heterocycles. The fourth-order valence-electron chi connectivity index (χ4n) is 4.14. The number of hydrogen-bond acceptors (Lipinski definition) is 4. The Morgan fingerprint density at radius 1 is 1.03 bits per heavy atom. The molecule has 0 unspecified atom stereocenters. The molecule has 2 heterocycles. The molecule has 0 fully saturated rings. The first kappa shape index (κ1) is 19.7. The molecule has 1 aliphatic heterocycles. The summed E-state index contributed by atoms with van der Waals surface area (Å²) in [6.45, 7) is 4.96. The van der Waals surface area contributed by atoms with Gasteiger partial charge in [0.1, 0.15) is 11.3 Å². The highest BCUT2D eigenvalue weighted by molar-refractivity contribution is 6.33. The number of aryl methyl sites for hydroxylation is 2. The third-order valence-corrected chi connectivity index (χ3v) is 6.20. The Morgan fingerprint density at radius 2 is 1.77 bits per heavy atom. The molecule has 0 N–H and O–H groups in total. The second-order valence-corrected chi connectivity index (χ2v) is 8.41. The van der Waals surface area contributed by atoms with Crippen LogP contribution in [0.25, 0.3) is 11.0 Å². The molecule has 31 heavy (non-hydrogen) atoms. The second kappa shape index (κ2) is 7.78. The molecule has 4 aromatic rings. The molecule has 0 atom stereocenters. The molecule has 3 aromatic carbocycles. The smallest absolute Gasteiger partial charge is 0.340 e. The highest BCUT2D eigenvalue weighted by Crippen LogP contribution is 2.40. The molecule has 0 bridgehead atoms. The van der Waals surface area contributed by atoms with Crippen LogP contribution >= 0.6 is 11.6 Å². The fourth-order valence-corrected chi connectivity index (χ4v) is 4.42. The van der Waals surface area contributed by atoms with E-state index >= 15 is 0 Å². The van der Waals surface area contributed by atoms with Crippen LogP contribution in [0.4, 0.5) is 5.69 Å². The summed E-state index contributed by atoms with van der Waals surface area (Å²) in [4.78, 5) is 15.1. The molecule has 0 radical (unpaired) electrons. The van der Waals surface area contributed by atoms with E-state index in [-0.39, 0.29) is 5.63 Å². The standard InChI is InChI=1S/C26H22ClNO3/c1-16-8-10-19(11-9-16)28-14-22-24-20(13-23(27)25(22)30-15-28)17(2)21(26(29)31-24)12-18-6-4-3-5-7-18/h3-11,13H,12,14-15H2,1-2H3. The van der Waals surface area contributed by atoms with E-state index in [0.29, 0.717) is 41.6 Å². The summed E-state index contributed by atoms with van der Waals surface area (Å²) < 4.78 is 11.9. The van der Waals surface area contributed by atoms with Crippen molar-refractivity contribution in [2.24, 2.45) is 0 Å². The quantitative estimate of drug-likeness (QED) is 0.372. The zero-order valence-electron chi connectivity index (χ0n) is 17.4. The first-order valence-corrected chi connectivity index (χ1v) is 10.6. The molecule has 0 saturated carbocycles. The van der Waals surface area contributed by atoms with Gasteiger partial charge in [0.05, 0.1) is 17.1 Å². The lowest BCUT2D eigenvalue weighted by Crippen LogP contribution is -2.32. The highest BCUT2D eigenvalue weighted by Gasteiger charge is 2.26. The maximum atomic E-state index is 13.0. The predicted octanol–water partition coefficient (Wildman–Crippen LogP) is 6.01. The SMILES string of the molecule is Cc1ccc(N2COc3c(Cl)cc4c(C)c(Cc5ccccc5)c(=O)oc4c3C2)cc1. The summed E-state index contributed by atoms with van der Waals surface area (Å²) in [6, 6.07) is 20.0. The van der Waals surface area contributed by atoms with Gasteiger partial charge in [0.15, 0.2) is 6.73 Å². The monoisotopic (exact) mass is 431 g/mol. The summed E-state index contributed by atoms with van der Waals surface area (Å²) in [6.07, 6.45) is 0.519. The number of halogens is 1. The number of hydrogen-bond donors (Lipinski definition) is 0. The molecule has 0 amide bonds. The molecular weight excluding hydrogens is 410 g/mol. The van der Waals surface area contributed by atoms with Gasteiger partial charge >= 0.3 is 5.63 Å². The van der Waals surface area contributed by atoms with E-state index in [9.17, 15) is 4.79 Å². The lowest BCUT2D eigenvalue weighted by Gasteiger charge is -2.31. The van der Waals surface area contributed by atoms with Gasteiger partial charge in [0.2, 0.25) is 0 Å². The summed E-state index contributed by atoms with van der Waals surface area (Å²) in [5.74, 6) is 0.593. The minimum atomic E-state index is -0.314. The van der Waals surface area contributed by atoms with Crippen molar-refractivity contribution in [2.45, 2.75) is 26.8 Å². The van der Waals surface area contributed by atoms with Crippen molar-refractivity contribution in [1.29, 1.82) is 0 Å². The third-order valence-electron chi connectivity index (χ3n) is 5.92. The van der Waals surface area contributed by atoms with Crippen LogP contribution in [0.5, 0.6) is 5.75 Å². The van der Waals surface area contributed by atoms with E-state index in [1.807, 2.05) is 43.3 Å². The number of ether oxygens (including phenoxy) is 1. The minimum absolute atomic E-state index is 0.314. The van der Waals surface area contributed by atoms with E-state index in [2.05, 4.69) is 36.1 Å². The maximum absolute atomic E-state index is 13.0. The van der Waals surface area contributed by atoms with E-state index in [1.54, 1.807) is 0 Å². The van der Waals surface area contributed by atoms with Gasteiger partial charge in [-0.25, -0.2) is 4.79 Å². The number of anilines is 1. The van der Waals surface area contributed by atoms with Crippen molar-refractivity contribution in [3.05, 3.63) is 104 Å². The van der Waals surface area contributed by atoms with Crippen LogP contribution in [-0.2, 0) is 13.0 Å². The molecule has 1 aliphatic rings. The largest absolute Gasteiger partial charge is 0.471 e. The number of nitrogens with zero attached hydrogens (tertiary/aromatic N) is 1. The Balaban J connectivity index is 1.62. The molecule has 0 spiro atoms. The summed E-state index contributed by atoms with van der Waals surface area (Å²) in [7, 11) is 0. The Morgan fingerprint density at radius 3 is 2.52 bits per heavy atom. The van der Waals surface area contributed by atoms with Gasteiger partial charge in [-0.1, -0.05) is 59.6 Å². The maximum Gasteiger partial charge on any atom is 0.340 e. The molecule has 0 saturated heterocycles. The Labute approximate surface area is 185 Å². The zero-order chi connectivity index (χ0) is 21.5. The molecule has 5 heteroatoms. The number of rotatable bonds is 3. The van der Waals surface area contributed by atoms with Crippen LogP contribution < -0.4 is 15.3 Å². The molecule has 0 aliphatic carbocycles. The Kier molecular flexibility index (Phi) is 4.95. The second-order valence-electron chi connectivity index (χ2n) is 8.01. The lowest BCUT2D eigenvalue weighted by atomic mass is 9.97. The third kappa shape index (κ3) is 3.57. The van der Waals surface area contributed by atoms with E-state index in [1.165, 1.54) is 5.56 Å². The van der Waals surface area contributed by atoms with Gasteiger partial charge in [0, 0.05) is 23.1 Å². The minimum Gasteiger partial charge on any atom is -0.471 e. The fraction of sp³-hybridized carbons (Fsp3) is 0.192. The molecule has 5 rings (SSSR count). The van der Waals surface area contributed by atoms with E-state index in [4.69, 9.17) is 20.8 Å². The lowest BCUT2D eigenvalue weighted by molar-refractivity contribution is 0.289. The summed E-state index contributed by atoms with van der Waals surface area (Å²) in [5, 5.41) is 1.39. The Hall–Kier alpha value is -3.24. The van der Waals surface area contributed by atoms with Gasteiger partial charge in [0.25, 0.3) is 0 Å². The van der Waals surface area contributed by atoms with Gasteiger partial charge < -0.3 is 14.1 Å². The zero-order valence-corrected chi connectivity index (χ0v) is 18.2. The van der Waals surface area contributed by atoms with Crippen LogP contribution in [0.2, 0.25) is 5.02 Å². The van der Waals surface area contributed by atoms with E-state index < -0.39 is 0 Å². The first-order chi connectivity index (χ1) is 15.0. The van der Waals surface area contributed by atoms with Gasteiger partial charge in [-0.15, -0.1) is 0 Å². The van der Waals surface area contributed by atoms with Crippen LogP contribution in [0.15, 0.2) is 69.9 Å². The summed E-state index contributed by atoms with van der Waals surface area (Å²) in [5.41, 5.74) is 5.90. The topological polar surface area (TPSA) is 42.7 Å². The van der Waals surface area contributed by atoms with Gasteiger partial charge in [-0.3, -0.25) is 0 Å². The Bertz CT molecular complexity index is 1330.